The quantitative estimate of drug-likeness (QED) is 0.134. The Morgan fingerprint density at radius 3 is 2.00 bits per heavy atom. The monoisotopic (exact) mass is 532 g/mol. The normalized spacial score (nSPS) is 13.7. The molecule has 0 unspecified atom stereocenters. The number of amidine groups is 1. The number of nitrogens with one attached hydrogen (secondary N) is 3. The summed E-state index contributed by atoms with van der Waals surface area (Å²) in [6.07, 6.45) is -7.58. The first-order chi connectivity index (χ1) is 16.6. The lowest BCUT2D eigenvalue weighted by Gasteiger charge is -2.21. The molecule has 1 amide bonds. The van der Waals surface area contributed by atoms with E-state index in [0.29, 0.717) is 24.5 Å². The Balaban J connectivity index is 0.000000720. The molecular formula is C20H26F6N4O6. The number of carbonyl (C=O) groups is 3. The van der Waals surface area contributed by atoms with Crippen LogP contribution in [0.1, 0.15) is 24.8 Å². The summed E-state index contributed by atoms with van der Waals surface area (Å²) in [6.45, 7) is 2.99. The predicted molar refractivity (Wildman–Crippen MR) is 114 cm³/mol. The molecule has 0 radical (unpaired) electrons. The Bertz CT molecular complexity index is 849. The number of amides is 1. The molecule has 0 aliphatic carbocycles. The van der Waals surface area contributed by atoms with Gasteiger partial charge < -0.3 is 31.3 Å². The lowest BCUT2D eigenvalue weighted by Crippen LogP contribution is -2.38. The van der Waals surface area contributed by atoms with E-state index in [4.69, 9.17) is 35.7 Å². The molecule has 1 aromatic carbocycles. The lowest BCUT2D eigenvalue weighted by molar-refractivity contribution is -0.193. The number of hydrogen-bond donors (Lipinski definition) is 6. The van der Waals surface area contributed by atoms with Crippen LogP contribution in [0, 0.1) is 11.3 Å². The van der Waals surface area contributed by atoms with Crippen LogP contribution in [0.5, 0.6) is 5.75 Å². The van der Waals surface area contributed by atoms with Gasteiger partial charge >= 0.3 is 24.3 Å². The van der Waals surface area contributed by atoms with E-state index >= 15 is 0 Å². The Hall–Kier alpha value is -3.56. The number of piperidine rings is 1. The highest BCUT2D eigenvalue weighted by Gasteiger charge is 2.38. The van der Waals surface area contributed by atoms with E-state index in [1.165, 1.54) is 0 Å². The van der Waals surface area contributed by atoms with Gasteiger partial charge in [-0.15, -0.1) is 0 Å². The summed E-state index contributed by atoms with van der Waals surface area (Å²) in [4.78, 5) is 29.7. The number of aliphatic carboxylic acids is 2. The van der Waals surface area contributed by atoms with E-state index in [9.17, 15) is 31.1 Å². The molecule has 204 valence electrons. The molecule has 1 aromatic rings. The largest absolute Gasteiger partial charge is 0.494 e. The summed E-state index contributed by atoms with van der Waals surface area (Å²) in [5.74, 6) is -4.49. The highest BCUT2D eigenvalue weighted by molar-refractivity contribution is 5.95. The van der Waals surface area contributed by atoms with Gasteiger partial charge in [-0.1, -0.05) is 12.1 Å². The zero-order chi connectivity index (χ0) is 27.9. The van der Waals surface area contributed by atoms with Crippen molar-refractivity contribution in [1.82, 2.24) is 10.6 Å². The Kier molecular flexibility index (Phi) is 13.9. The number of halogens is 6. The van der Waals surface area contributed by atoms with Gasteiger partial charge in [0.25, 0.3) is 0 Å². The van der Waals surface area contributed by atoms with E-state index in [0.717, 1.165) is 32.4 Å². The molecule has 1 fully saturated rings. The van der Waals surface area contributed by atoms with Crippen LogP contribution in [0.15, 0.2) is 24.3 Å². The molecule has 2 rings (SSSR count). The zero-order valence-electron chi connectivity index (χ0n) is 18.7. The molecule has 1 saturated heterocycles. The van der Waals surface area contributed by atoms with Crippen molar-refractivity contribution >= 4 is 23.7 Å². The number of carboxylic acid groups (broad SMARTS) is 2. The van der Waals surface area contributed by atoms with Crippen LogP contribution in [0.4, 0.5) is 26.3 Å². The third kappa shape index (κ3) is 14.6. The molecule has 1 aliphatic rings. The van der Waals surface area contributed by atoms with Crippen molar-refractivity contribution in [3.05, 3.63) is 29.8 Å². The second kappa shape index (κ2) is 15.4. The fourth-order valence-electron chi connectivity index (χ4n) is 2.46. The van der Waals surface area contributed by atoms with Crippen molar-refractivity contribution in [3.8, 4) is 5.75 Å². The summed E-state index contributed by atoms with van der Waals surface area (Å²) in [6, 6.07) is 7.16. The van der Waals surface area contributed by atoms with Gasteiger partial charge in [0.2, 0.25) is 5.91 Å². The van der Waals surface area contributed by atoms with E-state index in [1.54, 1.807) is 12.1 Å². The summed E-state index contributed by atoms with van der Waals surface area (Å²) in [7, 11) is 0. The van der Waals surface area contributed by atoms with Crippen molar-refractivity contribution in [3.63, 3.8) is 0 Å². The van der Waals surface area contributed by atoms with Crippen LogP contribution in [-0.4, -0.2) is 72.5 Å². The average molecular weight is 532 g/mol. The zero-order valence-corrected chi connectivity index (χ0v) is 18.7. The maximum atomic E-state index is 11.9. The van der Waals surface area contributed by atoms with Gasteiger partial charge in [0, 0.05) is 18.0 Å². The molecule has 10 nitrogen and oxygen atoms in total. The number of hydrogen-bond acceptors (Lipinski definition) is 6. The van der Waals surface area contributed by atoms with E-state index in [1.807, 2.05) is 12.1 Å². The number of carbonyl (C=O) groups excluding carboxylic acids is 1. The summed E-state index contributed by atoms with van der Waals surface area (Å²) in [5, 5.41) is 27.9. The molecular weight excluding hydrogens is 506 g/mol. The average Bonchev–Trinajstić information content (AvgIpc) is 2.79. The lowest BCUT2D eigenvalue weighted by atomic mass is 9.97. The van der Waals surface area contributed by atoms with Crippen molar-refractivity contribution in [2.45, 2.75) is 31.6 Å². The van der Waals surface area contributed by atoms with E-state index in [2.05, 4.69) is 10.6 Å². The molecule has 1 aliphatic heterocycles. The van der Waals surface area contributed by atoms with Crippen LogP contribution < -0.4 is 21.1 Å². The number of rotatable bonds is 7. The number of ether oxygens (including phenoxy) is 1. The maximum Gasteiger partial charge on any atom is 0.490 e. The van der Waals surface area contributed by atoms with Gasteiger partial charge in [-0.3, -0.25) is 10.2 Å². The SMILES string of the molecule is N=C(N)c1cccc(OCCCNC(=O)C2CCNCC2)c1.O=C(O)C(F)(F)F.O=C(O)C(F)(F)F. The van der Waals surface area contributed by atoms with Crippen molar-refractivity contribution in [1.29, 1.82) is 5.41 Å². The number of alkyl halides is 6. The molecule has 0 aromatic heterocycles. The number of carboxylic acids is 2. The second-order valence-corrected chi connectivity index (χ2v) is 7.06. The van der Waals surface area contributed by atoms with Crippen molar-refractivity contribution in [2.24, 2.45) is 11.7 Å². The topological polar surface area (TPSA) is 175 Å². The first kappa shape index (κ1) is 32.4. The van der Waals surface area contributed by atoms with Gasteiger partial charge in [-0.2, -0.15) is 26.3 Å². The first-order valence-corrected chi connectivity index (χ1v) is 10.2. The van der Waals surface area contributed by atoms with Gasteiger partial charge in [0.1, 0.15) is 11.6 Å². The minimum atomic E-state index is -5.08. The van der Waals surface area contributed by atoms with Gasteiger partial charge in [0.15, 0.2) is 0 Å². The molecule has 0 saturated carbocycles. The van der Waals surface area contributed by atoms with Crippen LogP contribution in [-0.2, 0) is 14.4 Å². The third-order valence-electron chi connectivity index (χ3n) is 4.23. The predicted octanol–water partition coefficient (Wildman–Crippen LogP) is 2.12. The van der Waals surface area contributed by atoms with Crippen molar-refractivity contribution in [2.75, 3.05) is 26.2 Å². The van der Waals surface area contributed by atoms with Crippen molar-refractivity contribution < 1.29 is 55.7 Å². The second-order valence-electron chi connectivity index (χ2n) is 7.06. The summed E-state index contributed by atoms with van der Waals surface area (Å²) < 4.78 is 69.1. The minimum Gasteiger partial charge on any atom is -0.494 e. The summed E-state index contributed by atoms with van der Waals surface area (Å²) in [5.41, 5.74) is 6.09. The summed E-state index contributed by atoms with van der Waals surface area (Å²) >= 11 is 0. The van der Waals surface area contributed by atoms with E-state index in [-0.39, 0.29) is 17.7 Å². The van der Waals surface area contributed by atoms with Crippen LogP contribution >= 0.6 is 0 Å². The van der Waals surface area contributed by atoms with Crippen LogP contribution in [0.2, 0.25) is 0 Å². The molecule has 7 N–H and O–H groups in total. The molecule has 0 spiro atoms. The Labute approximate surface area is 201 Å². The number of benzene rings is 1. The fourth-order valence-corrected chi connectivity index (χ4v) is 2.46. The fraction of sp³-hybridized carbons (Fsp3) is 0.500. The molecule has 0 atom stereocenters. The van der Waals surface area contributed by atoms with Gasteiger partial charge in [-0.05, 0) is 44.5 Å². The van der Waals surface area contributed by atoms with Crippen LogP contribution in [0.25, 0.3) is 0 Å². The smallest absolute Gasteiger partial charge is 0.490 e. The standard InChI is InChI=1S/C16H24N4O2.2C2HF3O2/c17-15(18)13-3-1-4-14(11-13)22-10-2-7-20-16(21)12-5-8-19-9-6-12;2*3-2(4,5)1(6)7/h1,3-4,11-12,19H,2,5-10H2,(H3,17,18)(H,20,21);2*(H,6,7). The Morgan fingerprint density at radius 2 is 1.56 bits per heavy atom. The minimum absolute atomic E-state index is 0.0275. The number of nitrogen functional groups attached to an aromatic ring is 1. The molecule has 1 heterocycles. The number of nitrogens with two attached hydrogens (primary N) is 1. The molecule has 36 heavy (non-hydrogen) atoms. The van der Waals surface area contributed by atoms with E-state index < -0.39 is 24.3 Å². The van der Waals surface area contributed by atoms with Gasteiger partial charge in [-0.25, -0.2) is 9.59 Å². The highest BCUT2D eigenvalue weighted by atomic mass is 19.4. The third-order valence-corrected chi connectivity index (χ3v) is 4.23. The highest BCUT2D eigenvalue weighted by Crippen LogP contribution is 2.15. The first-order valence-electron chi connectivity index (χ1n) is 10.2. The molecule has 0 bridgehead atoms. The maximum absolute atomic E-state index is 11.9. The molecule has 16 heteroatoms. The van der Waals surface area contributed by atoms with Gasteiger partial charge in [0.05, 0.1) is 6.61 Å². The van der Waals surface area contributed by atoms with Crippen LogP contribution in [0.3, 0.4) is 0 Å². The Morgan fingerprint density at radius 1 is 1.06 bits per heavy atom.